The van der Waals surface area contributed by atoms with Crippen LogP contribution in [0.15, 0.2) is 234 Å². The van der Waals surface area contributed by atoms with Gasteiger partial charge < -0.3 is 32.0 Å². The Hall–Kier alpha value is -6.28. The largest absolute Gasteiger partial charge is 0.497 e. The fraction of sp³-hybridized carbons (Fsp3) is 0.0392. The third kappa shape index (κ3) is 13.2. The average molecular weight is 895 g/mol. The monoisotopic (exact) mass is 892 g/mol. The van der Waals surface area contributed by atoms with Crippen LogP contribution in [0.5, 0.6) is 11.5 Å². The van der Waals surface area contributed by atoms with Gasteiger partial charge in [0, 0.05) is 55.2 Å². The maximum atomic E-state index is 5.76. The van der Waals surface area contributed by atoms with Gasteiger partial charge in [0.05, 0.1) is 25.6 Å². The first kappa shape index (κ1) is 44.4. The van der Waals surface area contributed by atoms with Crippen molar-refractivity contribution in [2.75, 3.05) is 29.3 Å². The second kappa shape index (κ2) is 23.7. The van der Waals surface area contributed by atoms with E-state index in [0.717, 1.165) is 66.0 Å². The van der Waals surface area contributed by atoms with Crippen LogP contribution in [0.25, 0.3) is 0 Å². The number of ether oxygens (including phenoxy) is 2. The molecule has 0 bridgehead atoms. The van der Waals surface area contributed by atoms with Crippen molar-refractivity contribution in [3.63, 3.8) is 0 Å². The van der Waals surface area contributed by atoms with Crippen LogP contribution in [-0.4, -0.2) is 14.2 Å². The number of halogens is 2. The van der Waals surface area contributed by atoms with Gasteiger partial charge in [0.1, 0.15) is 11.5 Å². The van der Waals surface area contributed by atoms with Gasteiger partial charge in [0.2, 0.25) is 0 Å². The lowest BCUT2D eigenvalue weighted by Gasteiger charge is -2.30. The molecule has 0 aromatic heterocycles. The zero-order valence-electron chi connectivity index (χ0n) is 33.0. The van der Waals surface area contributed by atoms with Crippen molar-refractivity contribution < 1.29 is 9.47 Å². The molecule has 7 aromatic carbocycles. The summed E-state index contributed by atoms with van der Waals surface area (Å²) in [6.07, 6.45) is 5.56. The van der Waals surface area contributed by atoms with Crippen LogP contribution in [-0.2, 0) is 0 Å². The fourth-order valence-corrected chi connectivity index (χ4v) is 7.03. The molecule has 0 radical (unpaired) electrons. The zero-order valence-corrected chi connectivity index (χ0v) is 36.2. The second-order valence-corrected chi connectivity index (χ2v) is 14.1. The Morgan fingerprint density at radius 3 is 1.31 bits per heavy atom. The van der Waals surface area contributed by atoms with Gasteiger partial charge in [0.15, 0.2) is 0 Å². The first-order valence-electron chi connectivity index (χ1n) is 18.2. The van der Waals surface area contributed by atoms with Crippen molar-refractivity contribution in [1.82, 2.24) is 0 Å². The first-order chi connectivity index (χ1) is 27.9. The number of hydrogen-bond donors (Lipinski definition) is 1. The number of para-hydroxylation sites is 5. The topological polar surface area (TPSA) is 37.0 Å². The van der Waals surface area contributed by atoms with Gasteiger partial charge in [-0.15, -0.1) is 0 Å². The van der Waals surface area contributed by atoms with E-state index in [9.17, 15) is 0 Å². The van der Waals surface area contributed by atoms with Crippen molar-refractivity contribution in [2.24, 2.45) is 0 Å². The number of benzene rings is 7. The summed E-state index contributed by atoms with van der Waals surface area (Å²) in [4.78, 5) is 4.37. The highest BCUT2D eigenvalue weighted by Crippen LogP contribution is 2.41. The Bertz CT molecular complexity index is 2210. The van der Waals surface area contributed by atoms with E-state index in [1.807, 2.05) is 152 Å². The lowest BCUT2D eigenvalue weighted by molar-refractivity contribution is 0.414. The van der Waals surface area contributed by atoms with Gasteiger partial charge in [0.25, 0.3) is 0 Å². The standard InChI is InChI=1S/C31H28N2O.C12H11N.C7H6Br2O.CH3/c1-4-15-25(5-2)32(26-16-9-6-10-17-26)29-22-30(24-31(23-29)34-3)33(27-18-11-7-12-19-27)28-20-13-8-14-21-28;1-3-7-11(8-4-1)13-12-9-5-2-6-10-12;1-10-7-3-5(8)2-6(9)4-7;/h4-24H,1-2H2,3H3;1-10,13H;2-4H,1H3;1H3/q;;;-1/b25-15+;;;. The van der Waals surface area contributed by atoms with Crippen molar-refractivity contribution in [3.05, 3.63) is 242 Å². The van der Waals surface area contributed by atoms with Crippen LogP contribution >= 0.6 is 31.9 Å². The van der Waals surface area contributed by atoms with E-state index >= 15 is 0 Å². The Morgan fingerprint density at radius 2 is 0.897 bits per heavy atom. The van der Waals surface area contributed by atoms with Gasteiger partial charge in [-0.05, 0) is 97.1 Å². The fourth-order valence-electron chi connectivity index (χ4n) is 5.78. The molecule has 0 saturated carbocycles. The third-order valence-electron chi connectivity index (χ3n) is 8.34. The minimum absolute atomic E-state index is 0. The van der Waals surface area contributed by atoms with E-state index in [4.69, 9.17) is 9.47 Å². The highest BCUT2D eigenvalue weighted by molar-refractivity contribution is 9.11. The summed E-state index contributed by atoms with van der Waals surface area (Å²) in [5, 5.41) is 3.30. The normalized spacial score (nSPS) is 10.2. The smallest absolute Gasteiger partial charge is 0.123 e. The third-order valence-corrected chi connectivity index (χ3v) is 9.25. The van der Waals surface area contributed by atoms with Gasteiger partial charge >= 0.3 is 0 Å². The summed E-state index contributed by atoms with van der Waals surface area (Å²) >= 11 is 6.69. The molecule has 294 valence electrons. The summed E-state index contributed by atoms with van der Waals surface area (Å²) in [6.45, 7) is 7.94. The van der Waals surface area contributed by atoms with Crippen LogP contribution in [0.1, 0.15) is 0 Å². The van der Waals surface area contributed by atoms with Crippen molar-refractivity contribution in [1.29, 1.82) is 0 Å². The SMILES string of the molecule is C=C/C=C(\C=C)N(c1ccccc1)c1cc(OC)cc(N(c2ccccc2)c2ccccc2)c1.COc1cc(Br)cc(Br)c1.[CH3-].c1ccc(Nc2ccccc2)cc1. The maximum absolute atomic E-state index is 5.76. The number of methoxy groups -OCH3 is 2. The van der Waals surface area contributed by atoms with E-state index in [1.165, 1.54) is 0 Å². The summed E-state index contributed by atoms with van der Waals surface area (Å²) in [6, 6.07) is 63.2. The van der Waals surface area contributed by atoms with Crippen LogP contribution in [0.2, 0.25) is 0 Å². The molecule has 1 N–H and O–H groups in total. The van der Waals surface area contributed by atoms with Gasteiger partial charge in [-0.1, -0.05) is 142 Å². The Balaban J connectivity index is 0.000000251. The number of hydrogen-bond acceptors (Lipinski definition) is 5. The minimum atomic E-state index is 0. The van der Waals surface area contributed by atoms with Gasteiger partial charge in [-0.3, -0.25) is 0 Å². The van der Waals surface area contributed by atoms with E-state index < -0.39 is 0 Å². The molecule has 0 saturated heterocycles. The molecule has 0 aliphatic heterocycles. The number of allylic oxidation sites excluding steroid dienone is 3. The van der Waals surface area contributed by atoms with Crippen LogP contribution in [0, 0.1) is 7.43 Å². The molecular formula is C51H48Br2N3O2-. The molecule has 0 atom stereocenters. The predicted octanol–water partition coefficient (Wildman–Crippen LogP) is 15.7. The number of nitrogens with zero attached hydrogens (tertiary/aromatic N) is 2. The lowest BCUT2D eigenvalue weighted by Crippen LogP contribution is -2.16. The molecule has 0 heterocycles. The van der Waals surface area contributed by atoms with Gasteiger partial charge in [-0.25, -0.2) is 0 Å². The average Bonchev–Trinajstić information content (AvgIpc) is 3.25. The molecule has 7 heteroatoms. The molecular weight excluding hydrogens is 846 g/mol. The van der Waals surface area contributed by atoms with E-state index in [1.54, 1.807) is 20.3 Å². The van der Waals surface area contributed by atoms with E-state index in [0.29, 0.717) is 0 Å². The number of rotatable bonds is 12. The molecule has 0 spiro atoms. The highest BCUT2D eigenvalue weighted by atomic mass is 79.9. The van der Waals surface area contributed by atoms with Crippen LogP contribution in [0.4, 0.5) is 39.8 Å². The minimum Gasteiger partial charge on any atom is -0.497 e. The summed E-state index contributed by atoms with van der Waals surface area (Å²) in [7, 11) is 3.34. The van der Waals surface area contributed by atoms with Crippen LogP contribution in [0.3, 0.4) is 0 Å². The molecule has 0 aliphatic carbocycles. The number of nitrogens with one attached hydrogen (secondary N) is 1. The lowest BCUT2D eigenvalue weighted by atomic mass is 10.1. The Morgan fingerprint density at radius 1 is 0.500 bits per heavy atom. The van der Waals surface area contributed by atoms with E-state index in [-0.39, 0.29) is 7.43 Å². The first-order valence-corrected chi connectivity index (χ1v) is 19.8. The summed E-state index contributed by atoms with van der Waals surface area (Å²) < 4.78 is 12.8. The molecule has 58 heavy (non-hydrogen) atoms. The summed E-state index contributed by atoms with van der Waals surface area (Å²) in [5.74, 6) is 1.61. The highest BCUT2D eigenvalue weighted by Gasteiger charge is 2.19. The molecule has 7 rings (SSSR count). The van der Waals surface area contributed by atoms with Crippen molar-refractivity contribution >= 4 is 71.7 Å². The Labute approximate surface area is 361 Å². The van der Waals surface area contributed by atoms with Crippen LogP contribution < -0.4 is 24.6 Å². The maximum Gasteiger partial charge on any atom is 0.123 e. The van der Waals surface area contributed by atoms with Crippen molar-refractivity contribution in [2.45, 2.75) is 0 Å². The second-order valence-electron chi connectivity index (χ2n) is 12.3. The number of anilines is 7. The molecule has 5 nitrogen and oxygen atoms in total. The molecule has 0 aliphatic rings. The Kier molecular flexibility index (Phi) is 18.2. The van der Waals surface area contributed by atoms with Gasteiger partial charge in [-0.2, -0.15) is 0 Å². The van der Waals surface area contributed by atoms with E-state index in [2.05, 4.69) is 109 Å². The summed E-state index contributed by atoms with van der Waals surface area (Å²) in [5.41, 5.74) is 8.21. The molecule has 0 fully saturated rings. The zero-order chi connectivity index (χ0) is 40.2. The molecule has 7 aromatic rings. The van der Waals surface area contributed by atoms with Crippen molar-refractivity contribution in [3.8, 4) is 11.5 Å². The molecule has 0 amide bonds. The molecule has 0 unspecified atom stereocenters. The predicted molar refractivity (Wildman–Crippen MR) is 256 cm³/mol. The quantitative estimate of drug-likeness (QED) is 0.0977.